The lowest BCUT2D eigenvalue weighted by Crippen LogP contribution is -2.38. The van der Waals surface area contributed by atoms with Crippen molar-refractivity contribution in [2.24, 2.45) is 5.92 Å². The number of nitrogens with zero attached hydrogens (tertiary/aromatic N) is 1. The van der Waals surface area contributed by atoms with Crippen LogP contribution in [-0.4, -0.2) is 28.6 Å². The second-order valence-electron chi connectivity index (χ2n) is 5.39. The molecule has 1 saturated carbocycles. The summed E-state index contributed by atoms with van der Waals surface area (Å²) in [7, 11) is 0. The van der Waals surface area contributed by atoms with Gasteiger partial charge in [0.25, 0.3) is 0 Å². The van der Waals surface area contributed by atoms with Gasteiger partial charge in [0.05, 0.1) is 12.2 Å². The molecule has 0 saturated heterocycles. The highest BCUT2D eigenvalue weighted by molar-refractivity contribution is 7.13. The molecule has 6 nitrogen and oxygen atoms in total. The zero-order valence-electron chi connectivity index (χ0n) is 12.1. The van der Waals surface area contributed by atoms with Crippen molar-refractivity contribution in [3.05, 3.63) is 15.6 Å². The number of rotatable bonds is 5. The summed E-state index contributed by atoms with van der Waals surface area (Å²) >= 11 is 1.10. The van der Waals surface area contributed by atoms with E-state index >= 15 is 0 Å². The number of aromatic carboxylic acids is 1. The smallest absolute Gasteiger partial charge is 0.347 e. The first-order chi connectivity index (χ1) is 10.1. The van der Waals surface area contributed by atoms with E-state index in [1.165, 1.54) is 32.1 Å². The molecule has 0 spiro atoms. The maximum Gasteiger partial charge on any atom is 0.347 e. The number of urea groups is 1. The van der Waals surface area contributed by atoms with Crippen LogP contribution in [0.25, 0.3) is 0 Å². The third kappa shape index (κ3) is 4.70. The maximum absolute atomic E-state index is 11.7. The third-order valence-electron chi connectivity index (χ3n) is 3.71. The Morgan fingerprint density at radius 3 is 2.62 bits per heavy atom. The predicted octanol–water partition coefficient (Wildman–Crippen LogP) is 2.53. The predicted molar refractivity (Wildman–Crippen MR) is 80.6 cm³/mol. The van der Waals surface area contributed by atoms with E-state index in [0.717, 1.165) is 11.3 Å². The van der Waals surface area contributed by atoms with Crippen LogP contribution in [0.1, 0.15) is 52.5 Å². The number of hydrogen-bond donors (Lipinski definition) is 3. The summed E-state index contributed by atoms with van der Waals surface area (Å²) < 4.78 is 0. The van der Waals surface area contributed by atoms with Crippen molar-refractivity contribution in [2.45, 2.75) is 45.6 Å². The van der Waals surface area contributed by atoms with Crippen LogP contribution in [0, 0.1) is 12.8 Å². The summed E-state index contributed by atoms with van der Waals surface area (Å²) in [6.45, 7) is 2.63. The molecule has 3 N–H and O–H groups in total. The number of aryl methyl sites for hydroxylation is 1. The Morgan fingerprint density at radius 2 is 2.00 bits per heavy atom. The Hall–Kier alpha value is -1.63. The second kappa shape index (κ2) is 7.40. The Morgan fingerprint density at radius 1 is 1.29 bits per heavy atom. The number of carbonyl (C=O) groups excluding carboxylic acids is 1. The molecular formula is C14H21N3O3S. The molecule has 1 heterocycles. The quantitative estimate of drug-likeness (QED) is 0.779. The number of amides is 2. The zero-order valence-corrected chi connectivity index (χ0v) is 13.0. The van der Waals surface area contributed by atoms with Gasteiger partial charge in [0, 0.05) is 6.54 Å². The molecule has 0 unspecified atom stereocenters. The van der Waals surface area contributed by atoms with Crippen molar-refractivity contribution >= 4 is 23.3 Å². The van der Waals surface area contributed by atoms with Crippen LogP contribution in [0.2, 0.25) is 0 Å². The summed E-state index contributed by atoms with van der Waals surface area (Å²) in [4.78, 5) is 27.0. The third-order valence-corrected chi connectivity index (χ3v) is 4.86. The van der Waals surface area contributed by atoms with Gasteiger partial charge in [-0.05, 0) is 25.7 Å². The molecule has 7 heteroatoms. The molecule has 2 rings (SSSR count). The fourth-order valence-electron chi connectivity index (χ4n) is 2.57. The van der Waals surface area contributed by atoms with E-state index in [4.69, 9.17) is 5.11 Å². The van der Waals surface area contributed by atoms with Gasteiger partial charge in [0.2, 0.25) is 0 Å². The minimum atomic E-state index is -0.974. The zero-order chi connectivity index (χ0) is 15.2. The number of nitrogens with one attached hydrogen (secondary N) is 2. The molecule has 1 fully saturated rings. The molecule has 0 aliphatic heterocycles. The van der Waals surface area contributed by atoms with E-state index in [1.54, 1.807) is 6.92 Å². The van der Waals surface area contributed by atoms with Crippen LogP contribution >= 0.6 is 11.3 Å². The Balaban J connectivity index is 1.73. The van der Waals surface area contributed by atoms with Gasteiger partial charge >= 0.3 is 12.0 Å². The molecule has 1 aliphatic carbocycles. The molecule has 0 atom stereocenters. The minimum Gasteiger partial charge on any atom is -0.477 e. The van der Waals surface area contributed by atoms with Crippen molar-refractivity contribution in [3.8, 4) is 0 Å². The lowest BCUT2D eigenvalue weighted by Gasteiger charge is -2.21. The molecular weight excluding hydrogens is 290 g/mol. The molecule has 1 aromatic rings. The first kappa shape index (κ1) is 15.8. The van der Waals surface area contributed by atoms with Gasteiger partial charge in [0.1, 0.15) is 9.88 Å². The maximum atomic E-state index is 11.7. The van der Waals surface area contributed by atoms with Gasteiger partial charge in [-0.25, -0.2) is 14.6 Å². The normalized spacial score (nSPS) is 15.7. The van der Waals surface area contributed by atoms with Crippen molar-refractivity contribution in [3.63, 3.8) is 0 Å². The molecule has 2 amide bonds. The highest BCUT2D eigenvalue weighted by atomic mass is 32.1. The Labute approximate surface area is 128 Å². The van der Waals surface area contributed by atoms with E-state index in [-0.39, 0.29) is 17.5 Å². The van der Waals surface area contributed by atoms with E-state index in [1.807, 2.05) is 0 Å². The molecule has 21 heavy (non-hydrogen) atoms. The first-order valence-corrected chi connectivity index (χ1v) is 8.09. The van der Waals surface area contributed by atoms with Gasteiger partial charge in [-0.2, -0.15) is 0 Å². The van der Waals surface area contributed by atoms with Gasteiger partial charge in [-0.3, -0.25) is 0 Å². The average molecular weight is 311 g/mol. The highest BCUT2D eigenvalue weighted by Gasteiger charge is 2.16. The van der Waals surface area contributed by atoms with Crippen molar-refractivity contribution in [1.29, 1.82) is 0 Å². The number of carboxylic acid groups (broad SMARTS) is 1. The summed E-state index contributed by atoms with van der Waals surface area (Å²) in [6.07, 6.45) is 6.19. The number of hydrogen-bond acceptors (Lipinski definition) is 4. The SMILES string of the molecule is Cc1nc(CNC(=O)NCC2CCCCC2)sc1C(=O)O. The van der Waals surface area contributed by atoms with Crippen LogP contribution in [-0.2, 0) is 6.54 Å². The van der Waals surface area contributed by atoms with Crippen molar-refractivity contribution in [1.82, 2.24) is 15.6 Å². The lowest BCUT2D eigenvalue weighted by molar-refractivity contribution is 0.0701. The van der Waals surface area contributed by atoms with E-state index in [2.05, 4.69) is 15.6 Å². The van der Waals surface area contributed by atoms with Crippen LogP contribution in [0.4, 0.5) is 4.79 Å². The summed E-state index contributed by atoms with van der Waals surface area (Å²) in [5, 5.41) is 15.2. The highest BCUT2D eigenvalue weighted by Crippen LogP contribution is 2.22. The number of carbonyl (C=O) groups is 2. The Bertz CT molecular complexity index is 510. The van der Waals surface area contributed by atoms with Crippen molar-refractivity contribution < 1.29 is 14.7 Å². The molecule has 0 radical (unpaired) electrons. The Kier molecular flexibility index (Phi) is 5.55. The number of thiazole rings is 1. The lowest BCUT2D eigenvalue weighted by atomic mass is 9.89. The average Bonchev–Trinajstić information content (AvgIpc) is 2.85. The fraction of sp³-hybridized carbons (Fsp3) is 0.643. The van der Waals surface area contributed by atoms with Crippen LogP contribution < -0.4 is 10.6 Å². The van der Waals surface area contributed by atoms with Crippen LogP contribution in [0.15, 0.2) is 0 Å². The summed E-state index contributed by atoms with van der Waals surface area (Å²) in [5.41, 5.74) is 0.493. The largest absolute Gasteiger partial charge is 0.477 e. The van der Waals surface area contributed by atoms with Gasteiger partial charge < -0.3 is 15.7 Å². The van der Waals surface area contributed by atoms with Gasteiger partial charge in [-0.1, -0.05) is 19.3 Å². The van der Waals surface area contributed by atoms with Gasteiger partial charge in [0.15, 0.2) is 0 Å². The first-order valence-electron chi connectivity index (χ1n) is 7.27. The second-order valence-corrected chi connectivity index (χ2v) is 6.48. The monoisotopic (exact) mass is 311 g/mol. The summed E-state index contributed by atoms with van der Waals surface area (Å²) in [6, 6.07) is -0.217. The molecule has 116 valence electrons. The standard InChI is InChI=1S/C14H21N3O3S/c1-9-12(13(18)19)21-11(17-9)8-16-14(20)15-7-10-5-3-2-4-6-10/h10H,2-8H2,1H3,(H,18,19)(H2,15,16,20). The molecule has 0 bridgehead atoms. The van der Waals surface area contributed by atoms with Gasteiger partial charge in [-0.15, -0.1) is 11.3 Å². The van der Waals surface area contributed by atoms with E-state index in [9.17, 15) is 9.59 Å². The van der Waals surface area contributed by atoms with Crippen LogP contribution in [0.3, 0.4) is 0 Å². The molecule has 1 aliphatic rings. The number of carboxylic acids is 1. The topological polar surface area (TPSA) is 91.3 Å². The van der Waals surface area contributed by atoms with E-state index < -0.39 is 5.97 Å². The summed E-state index contributed by atoms with van der Waals surface area (Å²) in [5.74, 6) is -0.386. The molecule has 0 aromatic carbocycles. The minimum absolute atomic E-state index is 0.217. The molecule has 1 aromatic heterocycles. The van der Waals surface area contributed by atoms with Crippen LogP contribution in [0.5, 0.6) is 0 Å². The number of aromatic nitrogens is 1. The fourth-order valence-corrected chi connectivity index (χ4v) is 3.42. The van der Waals surface area contributed by atoms with Crippen molar-refractivity contribution in [2.75, 3.05) is 6.54 Å². The van der Waals surface area contributed by atoms with E-state index in [0.29, 0.717) is 23.2 Å².